The third-order valence-electron chi connectivity index (χ3n) is 0.648. The highest BCUT2D eigenvalue weighted by atomic mass is 31.2. The van der Waals surface area contributed by atoms with Crippen LogP contribution < -0.4 is 5.48 Å². The van der Waals surface area contributed by atoms with Crippen LogP contribution >= 0.6 is 7.60 Å². The minimum Gasteiger partial charge on any atom is -0.324 e. The number of carbonyl (C=O) groups is 1. The predicted molar refractivity (Wildman–Crippen MR) is 36.9 cm³/mol. The quantitative estimate of drug-likeness (QED) is 0.251. The maximum Gasteiger partial charge on any atom is 0.325 e. The molecule has 0 heterocycles. The molecular weight excluding hydrogens is 173 g/mol. The predicted octanol–water partition coefficient (Wildman–Crippen LogP) is -0.504. The van der Waals surface area contributed by atoms with Crippen molar-refractivity contribution in [3.05, 3.63) is 0 Å². The highest BCUT2D eigenvalue weighted by molar-refractivity contribution is 7.51. The second kappa shape index (κ2) is 5.26. The SMILES string of the molecule is CP(=O)(O)OCCONC=O. The molecular formula is C4H10NO5P. The standard InChI is InChI=1S/C4H10NO5P/c1-11(7,8)10-3-2-9-5-4-6/h4H,2-3H2,1H3,(H,5,6)(H,7,8). The Bertz CT molecular complexity index is 155. The van der Waals surface area contributed by atoms with E-state index in [1.807, 2.05) is 5.48 Å². The minimum atomic E-state index is -3.41. The van der Waals surface area contributed by atoms with Crippen LogP contribution in [0.25, 0.3) is 0 Å². The fraction of sp³-hybridized carbons (Fsp3) is 0.750. The summed E-state index contributed by atoms with van der Waals surface area (Å²) in [5.41, 5.74) is 1.90. The lowest BCUT2D eigenvalue weighted by atomic mass is 10.8. The molecule has 0 spiro atoms. The monoisotopic (exact) mass is 183 g/mol. The van der Waals surface area contributed by atoms with Crippen LogP contribution in [-0.4, -0.2) is 31.2 Å². The van der Waals surface area contributed by atoms with Gasteiger partial charge in [-0.15, -0.1) is 0 Å². The Morgan fingerprint density at radius 3 is 2.73 bits per heavy atom. The van der Waals surface area contributed by atoms with E-state index in [-0.39, 0.29) is 13.2 Å². The Labute approximate surface area is 64.0 Å². The molecule has 2 N–H and O–H groups in total. The maximum absolute atomic E-state index is 10.4. The Hall–Kier alpha value is -0.420. The summed E-state index contributed by atoms with van der Waals surface area (Å²) in [5, 5.41) is 0. The lowest BCUT2D eigenvalue weighted by molar-refractivity contribution is -0.121. The number of hydrogen-bond acceptors (Lipinski definition) is 4. The van der Waals surface area contributed by atoms with Gasteiger partial charge in [-0.05, 0) is 0 Å². The van der Waals surface area contributed by atoms with E-state index >= 15 is 0 Å². The van der Waals surface area contributed by atoms with Crippen molar-refractivity contribution < 1.29 is 23.6 Å². The Kier molecular flexibility index (Phi) is 5.06. The average Bonchev–Trinajstić information content (AvgIpc) is 1.85. The van der Waals surface area contributed by atoms with Crippen molar-refractivity contribution in [1.82, 2.24) is 5.48 Å². The summed E-state index contributed by atoms with van der Waals surface area (Å²) in [5.74, 6) is 0. The number of hydrogen-bond donors (Lipinski definition) is 2. The van der Waals surface area contributed by atoms with Gasteiger partial charge < -0.3 is 9.42 Å². The molecule has 0 saturated carbocycles. The molecule has 0 aromatic carbocycles. The van der Waals surface area contributed by atoms with E-state index in [2.05, 4.69) is 9.36 Å². The molecule has 0 aromatic heterocycles. The summed E-state index contributed by atoms with van der Waals surface area (Å²) in [4.78, 5) is 22.5. The molecule has 1 amide bonds. The van der Waals surface area contributed by atoms with E-state index in [0.29, 0.717) is 6.41 Å². The van der Waals surface area contributed by atoms with Crippen molar-refractivity contribution >= 4 is 14.0 Å². The molecule has 1 unspecified atom stereocenters. The largest absolute Gasteiger partial charge is 0.325 e. The fourth-order valence-corrected chi connectivity index (χ4v) is 0.755. The van der Waals surface area contributed by atoms with Crippen LogP contribution in [0.5, 0.6) is 0 Å². The molecule has 1 atom stereocenters. The van der Waals surface area contributed by atoms with Gasteiger partial charge in [0, 0.05) is 6.66 Å². The molecule has 0 fully saturated rings. The van der Waals surface area contributed by atoms with Gasteiger partial charge in [-0.25, -0.2) is 5.48 Å². The zero-order chi connectivity index (χ0) is 8.74. The molecule has 7 heteroatoms. The summed E-state index contributed by atoms with van der Waals surface area (Å²) >= 11 is 0. The summed E-state index contributed by atoms with van der Waals surface area (Å²) in [7, 11) is -3.41. The summed E-state index contributed by atoms with van der Waals surface area (Å²) in [6, 6.07) is 0. The molecule has 0 saturated heterocycles. The van der Waals surface area contributed by atoms with Crippen molar-refractivity contribution in [3.63, 3.8) is 0 Å². The van der Waals surface area contributed by atoms with Gasteiger partial charge in [-0.1, -0.05) is 0 Å². The molecule has 0 aliphatic rings. The van der Waals surface area contributed by atoms with Gasteiger partial charge in [0.15, 0.2) is 0 Å². The van der Waals surface area contributed by atoms with Crippen molar-refractivity contribution in [3.8, 4) is 0 Å². The van der Waals surface area contributed by atoms with Crippen LogP contribution in [0, 0.1) is 0 Å². The van der Waals surface area contributed by atoms with Crippen molar-refractivity contribution in [2.75, 3.05) is 19.9 Å². The zero-order valence-electron chi connectivity index (χ0n) is 6.02. The van der Waals surface area contributed by atoms with Gasteiger partial charge in [-0.2, -0.15) is 0 Å². The lowest BCUT2D eigenvalue weighted by Crippen LogP contribution is -2.15. The second-order valence-electron chi connectivity index (χ2n) is 1.72. The van der Waals surface area contributed by atoms with Gasteiger partial charge >= 0.3 is 7.60 Å². The highest BCUT2D eigenvalue weighted by Crippen LogP contribution is 2.35. The first kappa shape index (κ1) is 10.6. The smallest absolute Gasteiger partial charge is 0.324 e. The fourth-order valence-electron chi connectivity index (χ4n) is 0.341. The van der Waals surface area contributed by atoms with E-state index in [1.165, 1.54) is 0 Å². The number of hydroxylamine groups is 1. The highest BCUT2D eigenvalue weighted by Gasteiger charge is 2.08. The van der Waals surface area contributed by atoms with Crippen molar-refractivity contribution in [2.24, 2.45) is 0 Å². The molecule has 0 radical (unpaired) electrons. The van der Waals surface area contributed by atoms with E-state index in [1.54, 1.807) is 0 Å². The van der Waals surface area contributed by atoms with Crippen molar-refractivity contribution in [2.45, 2.75) is 0 Å². The zero-order valence-corrected chi connectivity index (χ0v) is 6.91. The van der Waals surface area contributed by atoms with E-state index in [9.17, 15) is 9.36 Å². The number of nitrogens with one attached hydrogen (secondary N) is 1. The molecule has 0 rings (SSSR count). The van der Waals surface area contributed by atoms with E-state index < -0.39 is 7.60 Å². The van der Waals surface area contributed by atoms with E-state index in [4.69, 9.17) is 4.89 Å². The topological polar surface area (TPSA) is 84.9 Å². The normalized spacial score (nSPS) is 15.5. The third-order valence-corrected chi connectivity index (χ3v) is 1.31. The van der Waals surface area contributed by atoms with Crippen LogP contribution in [0.2, 0.25) is 0 Å². The molecule has 0 bridgehead atoms. The molecule has 11 heavy (non-hydrogen) atoms. The second-order valence-corrected chi connectivity index (χ2v) is 3.58. The van der Waals surface area contributed by atoms with Crippen LogP contribution in [-0.2, 0) is 18.7 Å². The summed E-state index contributed by atoms with van der Waals surface area (Å²) < 4.78 is 14.8. The summed E-state index contributed by atoms with van der Waals surface area (Å²) in [6.45, 7) is 1.07. The Morgan fingerprint density at radius 2 is 2.27 bits per heavy atom. The van der Waals surface area contributed by atoms with Crippen LogP contribution in [0.4, 0.5) is 0 Å². The van der Waals surface area contributed by atoms with Gasteiger partial charge in [0.25, 0.3) is 0 Å². The van der Waals surface area contributed by atoms with E-state index in [0.717, 1.165) is 6.66 Å². The van der Waals surface area contributed by atoms with Gasteiger partial charge in [-0.3, -0.25) is 14.2 Å². The molecule has 0 aliphatic heterocycles. The van der Waals surface area contributed by atoms with Crippen LogP contribution in [0.3, 0.4) is 0 Å². The minimum absolute atomic E-state index is 0.0366. The first-order valence-electron chi connectivity index (χ1n) is 2.82. The van der Waals surface area contributed by atoms with Crippen molar-refractivity contribution in [1.29, 1.82) is 0 Å². The molecule has 0 aliphatic carbocycles. The first-order chi connectivity index (χ1) is 5.06. The van der Waals surface area contributed by atoms with Crippen LogP contribution in [0.15, 0.2) is 0 Å². The van der Waals surface area contributed by atoms with Gasteiger partial charge in [0.2, 0.25) is 6.41 Å². The molecule has 66 valence electrons. The maximum atomic E-state index is 10.4. The summed E-state index contributed by atoms with van der Waals surface area (Å²) in [6.07, 6.45) is 0.352. The van der Waals surface area contributed by atoms with Crippen LogP contribution in [0.1, 0.15) is 0 Å². The number of amides is 1. The third kappa shape index (κ3) is 9.58. The van der Waals surface area contributed by atoms with Gasteiger partial charge in [0.1, 0.15) is 0 Å². The number of carbonyl (C=O) groups excluding carboxylic acids is 1. The molecule has 6 nitrogen and oxygen atoms in total. The van der Waals surface area contributed by atoms with Gasteiger partial charge in [0.05, 0.1) is 13.2 Å². The average molecular weight is 183 g/mol. The Balaban J connectivity index is 3.15. The first-order valence-corrected chi connectivity index (χ1v) is 4.84. The lowest BCUT2D eigenvalue weighted by Gasteiger charge is -2.05. The number of rotatable bonds is 6. The Morgan fingerprint density at radius 1 is 1.64 bits per heavy atom. The molecule has 0 aromatic rings.